The van der Waals surface area contributed by atoms with E-state index in [1.807, 2.05) is 30.5 Å². The van der Waals surface area contributed by atoms with Crippen LogP contribution in [0.2, 0.25) is 0 Å². The number of aromatic amines is 1. The largest absolute Gasteiger partial charge is 0.390 e. The Labute approximate surface area is 320 Å². The van der Waals surface area contributed by atoms with Gasteiger partial charge in [0.2, 0.25) is 5.91 Å². The Kier molecular flexibility index (Phi) is 10.5. The van der Waals surface area contributed by atoms with Crippen molar-refractivity contribution in [1.82, 2.24) is 10.3 Å². The number of carbonyl (C=O) groups excluding carboxylic acids is 1. The molecule has 2 aromatic rings. The fourth-order valence-corrected chi connectivity index (χ4v) is 15.2. The molecule has 0 saturated heterocycles. The van der Waals surface area contributed by atoms with Gasteiger partial charge in [0.15, 0.2) is 0 Å². The number of hydrogen-bond donors (Lipinski definition) is 6. The average Bonchev–Trinajstić information content (AvgIpc) is 3.69. The van der Waals surface area contributed by atoms with E-state index in [1.54, 1.807) is 0 Å². The molecular formula is C46H73N3O4. The zero-order chi connectivity index (χ0) is 38.1. The first-order valence-electron chi connectivity index (χ1n) is 21.6. The summed E-state index contributed by atoms with van der Waals surface area (Å²) in [5.74, 6) is 3.88. The number of hydrogen-bond acceptors (Lipinski definition) is 5. The number of nitrogens with two attached hydrogens (primary N) is 1. The number of rotatable bonds is 11. The van der Waals surface area contributed by atoms with Crippen molar-refractivity contribution in [3.05, 3.63) is 36.0 Å². The third-order valence-electron chi connectivity index (χ3n) is 18.1. The van der Waals surface area contributed by atoms with E-state index in [9.17, 15) is 20.1 Å². The third-order valence-corrected chi connectivity index (χ3v) is 18.1. The second-order valence-corrected chi connectivity index (χ2v) is 20.9. The van der Waals surface area contributed by atoms with E-state index in [2.05, 4.69) is 58.8 Å². The van der Waals surface area contributed by atoms with Gasteiger partial charge in [0, 0.05) is 23.6 Å². The van der Waals surface area contributed by atoms with Gasteiger partial charge in [0.1, 0.15) is 6.10 Å². The summed E-state index contributed by atoms with van der Waals surface area (Å²) in [6.45, 7) is 18.2. The van der Waals surface area contributed by atoms with Crippen LogP contribution in [0.5, 0.6) is 0 Å². The molecule has 0 spiro atoms. The van der Waals surface area contributed by atoms with Gasteiger partial charge in [-0.15, -0.1) is 0 Å². The van der Waals surface area contributed by atoms with E-state index >= 15 is 0 Å². The number of nitrogens with one attached hydrogen (secondary N) is 2. The predicted molar refractivity (Wildman–Crippen MR) is 214 cm³/mol. The summed E-state index contributed by atoms with van der Waals surface area (Å²) >= 11 is 0. The Balaban J connectivity index is 0.920. The normalized spacial score (nSPS) is 40.5. The smallest absolute Gasteiger partial charge is 0.237 e. The molecule has 0 aliphatic heterocycles. The van der Waals surface area contributed by atoms with Gasteiger partial charge in [-0.2, -0.15) is 0 Å². The van der Waals surface area contributed by atoms with Crippen molar-refractivity contribution in [3.63, 3.8) is 0 Å². The number of benzene rings is 1. The number of para-hydroxylation sites is 1. The minimum absolute atomic E-state index is 0.158. The van der Waals surface area contributed by atoms with E-state index in [4.69, 9.17) is 5.73 Å². The maximum Gasteiger partial charge on any atom is 0.237 e. The molecule has 7 rings (SSSR count). The molecule has 14 atom stereocenters. The minimum atomic E-state index is -1.33. The molecule has 0 radical (unpaired) electrons. The molecule has 1 amide bonds. The summed E-state index contributed by atoms with van der Waals surface area (Å²) in [6, 6.07) is 7.10. The van der Waals surface area contributed by atoms with Gasteiger partial charge in [0.05, 0.1) is 18.2 Å². The quantitative estimate of drug-likeness (QED) is 0.139. The van der Waals surface area contributed by atoms with Gasteiger partial charge in [-0.05, 0) is 158 Å². The lowest BCUT2D eigenvalue weighted by Crippen LogP contribution is -2.65. The van der Waals surface area contributed by atoms with Crippen LogP contribution in [0.25, 0.3) is 10.9 Å². The lowest BCUT2D eigenvalue weighted by Gasteiger charge is -2.73. The van der Waals surface area contributed by atoms with Crippen LogP contribution >= 0.6 is 0 Å². The molecule has 5 aliphatic carbocycles. The number of fused-ring (bicyclic) bond motifs is 8. The predicted octanol–water partition coefficient (Wildman–Crippen LogP) is 8.14. The summed E-state index contributed by atoms with van der Waals surface area (Å²) in [5, 5.41) is 36.4. The van der Waals surface area contributed by atoms with Crippen LogP contribution in [0.4, 0.5) is 0 Å². The molecule has 53 heavy (non-hydrogen) atoms. The van der Waals surface area contributed by atoms with E-state index in [1.165, 1.54) is 70.6 Å². The Hall–Kier alpha value is -1.93. The molecular weight excluding hydrogens is 659 g/mol. The molecule has 296 valence electrons. The second-order valence-electron chi connectivity index (χ2n) is 20.9. The topological polar surface area (TPSA) is 132 Å². The van der Waals surface area contributed by atoms with Crippen LogP contribution in [-0.4, -0.2) is 57.1 Å². The highest BCUT2D eigenvalue weighted by Gasteiger charge is 2.70. The number of carbonyl (C=O) groups is 1. The van der Waals surface area contributed by atoms with Crippen LogP contribution < -0.4 is 11.1 Å². The Morgan fingerprint density at radius 2 is 1.51 bits per heavy atom. The first kappa shape index (κ1) is 39.3. The van der Waals surface area contributed by atoms with Gasteiger partial charge in [-0.1, -0.05) is 73.1 Å². The van der Waals surface area contributed by atoms with Gasteiger partial charge in [0.25, 0.3) is 0 Å². The van der Waals surface area contributed by atoms with Crippen molar-refractivity contribution < 1.29 is 20.1 Å². The van der Waals surface area contributed by atoms with Gasteiger partial charge in [-0.25, -0.2) is 0 Å². The molecule has 5 aliphatic rings. The number of amides is 1. The van der Waals surface area contributed by atoms with E-state index < -0.39 is 24.4 Å². The zero-order valence-corrected chi connectivity index (χ0v) is 34.1. The Morgan fingerprint density at radius 3 is 2.25 bits per heavy atom. The summed E-state index contributed by atoms with van der Waals surface area (Å²) in [4.78, 5) is 16.0. The summed E-state index contributed by atoms with van der Waals surface area (Å²) < 4.78 is 0. The Bertz CT molecular complexity index is 1620. The third kappa shape index (κ3) is 6.44. The van der Waals surface area contributed by atoms with Crippen molar-refractivity contribution in [2.45, 2.75) is 163 Å². The van der Waals surface area contributed by atoms with Gasteiger partial charge < -0.3 is 31.4 Å². The molecule has 5 fully saturated rings. The first-order valence-corrected chi connectivity index (χ1v) is 21.6. The fraction of sp³-hybridized carbons (Fsp3) is 0.804. The van der Waals surface area contributed by atoms with Crippen LogP contribution in [0.3, 0.4) is 0 Å². The van der Waals surface area contributed by atoms with Crippen molar-refractivity contribution >= 4 is 16.8 Å². The molecule has 1 heterocycles. The number of aromatic nitrogens is 1. The maximum atomic E-state index is 12.8. The fourth-order valence-electron chi connectivity index (χ4n) is 15.2. The van der Waals surface area contributed by atoms with E-state index in [-0.39, 0.29) is 12.5 Å². The van der Waals surface area contributed by atoms with Crippen LogP contribution in [0.1, 0.15) is 138 Å². The van der Waals surface area contributed by atoms with Gasteiger partial charge >= 0.3 is 0 Å². The molecule has 0 bridgehead atoms. The van der Waals surface area contributed by atoms with Crippen molar-refractivity contribution in [3.8, 4) is 0 Å². The van der Waals surface area contributed by atoms with Crippen LogP contribution in [-0.2, 0) is 11.2 Å². The zero-order valence-electron chi connectivity index (χ0n) is 34.1. The molecule has 1 aromatic carbocycles. The lowest BCUT2D eigenvalue weighted by atomic mass is 9.32. The van der Waals surface area contributed by atoms with Gasteiger partial charge in [-0.3, -0.25) is 4.79 Å². The molecule has 7 heteroatoms. The van der Waals surface area contributed by atoms with E-state index in [0.29, 0.717) is 57.7 Å². The first-order chi connectivity index (χ1) is 25.0. The standard InChI is InChI=1S/C46H73N3O4/c1-28(13-14-35(50)40(52)36(51)27-49-41(53)33(47)25-29-26-48-34-12-9-8-11-31(29)34)30-17-22-43(4)32(30)18-23-45(6)38(43)15-16-39-44(5)21-10-20-42(2,3)37(44)19-24-46(39,45)7/h8-9,11-12,26,28,30,32-33,35-40,48,50-52H,10,13-25,27,47H2,1-7H3,(H,49,53)/t28?,30?,32?,33?,35?,36?,37?,38?,39?,40?,43-,44-,45+,46+/m0/s1. The summed E-state index contributed by atoms with van der Waals surface area (Å²) in [5.41, 5.74) is 10.3. The highest BCUT2D eigenvalue weighted by Crippen LogP contribution is 2.78. The SMILES string of the molecule is CC(CCC(O)C(O)C(O)CNC(=O)C(N)Cc1c[nH]c2ccccc12)C1CC[C@@]2(C)C1CC[C@]1(C)C2CCC2[C@@]3(C)CCCC(C)(C)C3CC[C@]21C. The van der Waals surface area contributed by atoms with E-state index in [0.717, 1.165) is 40.6 Å². The van der Waals surface area contributed by atoms with Crippen LogP contribution in [0, 0.1) is 62.6 Å². The van der Waals surface area contributed by atoms with Crippen molar-refractivity contribution in [1.29, 1.82) is 0 Å². The number of aliphatic hydroxyl groups is 3. The number of aliphatic hydroxyl groups excluding tert-OH is 3. The van der Waals surface area contributed by atoms with Crippen molar-refractivity contribution in [2.24, 2.45) is 68.3 Å². The molecule has 7 nitrogen and oxygen atoms in total. The molecule has 10 unspecified atom stereocenters. The highest BCUT2D eigenvalue weighted by molar-refractivity contribution is 5.86. The number of H-pyrrole nitrogens is 1. The maximum absolute atomic E-state index is 12.8. The summed E-state index contributed by atoms with van der Waals surface area (Å²) in [6.07, 6.45) is 14.9. The summed E-state index contributed by atoms with van der Waals surface area (Å²) in [7, 11) is 0. The second kappa shape index (κ2) is 14.2. The molecule has 5 saturated carbocycles. The molecule has 7 N–H and O–H groups in total. The van der Waals surface area contributed by atoms with Crippen molar-refractivity contribution in [2.75, 3.05) is 6.54 Å². The lowest BCUT2D eigenvalue weighted by molar-refractivity contribution is -0.241. The minimum Gasteiger partial charge on any atom is -0.390 e. The highest BCUT2D eigenvalue weighted by atomic mass is 16.4. The Morgan fingerprint density at radius 1 is 0.830 bits per heavy atom. The van der Waals surface area contributed by atoms with Crippen LogP contribution in [0.15, 0.2) is 30.5 Å². The average molecular weight is 732 g/mol. The monoisotopic (exact) mass is 732 g/mol. The molecule has 1 aromatic heterocycles.